The lowest BCUT2D eigenvalue weighted by molar-refractivity contribution is 0.700. The fourth-order valence-electron chi connectivity index (χ4n) is 3.02. The van der Waals surface area contributed by atoms with Crippen LogP contribution in [0.5, 0.6) is 0 Å². The highest BCUT2D eigenvalue weighted by atomic mass is 14.2. The molecule has 0 amide bonds. The van der Waals surface area contributed by atoms with Gasteiger partial charge in [-0.25, -0.2) is 0 Å². The van der Waals surface area contributed by atoms with Crippen LogP contribution in [0, 0.1) is 0 Å². The van der Waals surface area contributed by atoms with Crippen molar-refractivity contribution in [2.24, 2.45) is 0 Å². The summed E-state index contributed by atoms with van der Waals surface area (Å²) in [5, 5.41) is 0. The molecule has 0 fully saturated rings. The van der Waals surface area contributed by atoms with Crippen LogP contribution in [0.15, 0.2) is 65.8 Å². The molecular formula is C21H28. The number of hydrogen-bond donors (Lipinski definition) is 0. The van der Waals surface area contributed by atoms with Crippen LogP contribution in [-0.4, -0.2) is 0 Å². The Labute approximate surface area is 130 Å². The molecule has 0 N–H and O–H groups in total. The molecule has 0 aromatic heterocycles. The van der Waals surface area contributed by atoms with Gasteiger partial charge in [0.15, 0.2) is 0 Å². The molecule has 0 nitrogen and oxygen atoms in total. The lowest BCUT2D eigenvalue weighted by atomic mass is 9.82. The molecule has 0 aliphatic heterocycles. The highest BCUT2D eigenvalue weighted by molar-refractivity contribution is 5.46. The van der Waals surface area contributed by atoms with Crippen molar-refractivity contribution in [1.82, 2.24) is 0 Å². The van der Waals surface area contributed by atoms with Crippen LogP contribution in [0.4, 0.5) is 0 Å². The largest absolute Gasteiger partial charge is 0.0726 e. The topological polar surface area (TPSA) is 0 Å². The summed E-state index contributed by atoms with van der Waals surface area (Å²) in [6, 6.07) is 10.9. The maximum Gasteiger partial charge on any atom is 0.0272 e. The van der Waals surface area contributed by atoms with E-state index in [1.165, 1.54) is 44.1 Å². The van der Waals surface area contributed by atoms with Crippen LogP contribution in [0.1, 0.15) is 63.9 Å². The van der Waals surface area contributed by atoms with Crippen LogP contribution in [0.25, 0.3) is 0 Å². The van der Waals surface area contributed by atoms with Gasteiger partial charge >= 0.3 is 0 Å². The zero-order valence-electron chi connectivity index (χ0n) is 13.5. The molecule has 1 aromatic rings. The Morgan fingerprint density at radius 2 is 1.57 bits per heavy atom. The molecule has 1 unspecified atom stereocenters. The first-order valence-electron chi connectivity index (χ1n) is 8.48. The first-order chi connectivity index (χ1) is 10.4. The van der Waals surface area contributed by atoms with E-state index in [-0.39, 0.29) is 0 Å². The minimum absolute atomic E-state index is 0.444. The quantitative estimate of drug-likeness (QED) is 0.529. The second kappa shape index (κ2) is 8.67. The molecule has 2 rings (SSSR count). The van der Waals surface area contributed by atoms with Gasteiger partial charge in [0.25, 0.3) is 0 Å². The zero-order valence-corrected chi connectivity index (χ0v) is 13.5. The summed E-state index contributed by atoms with van der Waals surface area (Å²) in [6.45, 7) is 4.57. The third-order valence-corrected chi connectivity index (χ3v) is 4.26. The number of unbranched alkanes of at least 4 members (excludes halogenated alkanes) is 2. The summed E-state index contributed by atoms with van der Waals surface area (Å²) in [5.74, 6) is 0.444. The van der Waals surface area contributed by atoms with E-state index in [9.17, 15) is 0 Å². The van der Waals surface area contributed by atoms with Crippen LogP contribution in [0.3, 0.4) is 0 Å². The van der Waals surface area contributed by atoms with Gasteiger partial charge in [-0.2, -0.15) is 0 Å². The SMILES string of the molecule is CCCCC(CCCC)=C1C=CC=CC1c1ccccc1. The smallest absolute Gasteiger partial charge is 0.0272 e. The van der Waals surface area contributed by atoms with Crippen LogP contribution in [-0.2, 0) is 0 Å². The Morgan fingerprint density at radius 1 is 0.905 bits per heavy atom. The van der Waals surface area contributed by atoms with Gasteiger partial charge in [-0.15, -0.1) is 0 Å². The Kier molecular flexibility index (Phi) is 6.53. The van der Waals surface area contributed by atoms with E-state index in [1.807, 2.05) is 0 Å². The molecule has 1 aliphatic carbocycles. The second-order valence-corrected chi connectivity index (χ2v) is 5.90. The molecule has 0 bridgehead atoms. The van der Waals surface area contributed by atoms with Crippen molar-refractivity contribution in [3.8, 4) is 0 Å². The van der Waals surface area contributed by atoms with Crippen molar-refractivity contribution in [2.75, 3.05) is 0 Å². The summed E-state index contributed by atoms with van der Waals surface area (Å²) in [6.07, 6.45) is 16.8. The van der Waals surface area contributed by atoms with Gasteiger partial charge in [0.2, 0.25) is 0 Å². The Hall–Kier alpha value is -1.56. The molecule has 21 heavy (non-hydrogen) atoms. The van der Waals surface area contributed by atoms with E-state index in [1.54, 1.807) is 11.1 Å². The van der Waals surface area contributed by atoms with Gasteiger partial charge in [0.1, 0.15) is 0 Å². The predicted molar refractivity (Wildman–Crippen MR) is 93.5 cm³/mol. The minimum Gasteiger partial charge on any atom is -0.0726 e. The molecular weight excluding hydrogens is 252 g/mol. The van der Waals surface area contributed by atoms with E-state index in [4.69, 9.17) is 0 Å². The average molecular weight is 280 g/mol. The number of hydrogen-bond acceptors (Lipinski definition) is 0. The molecule has 0 heterocycles. The first-order valence-corrected chi connectivity index (χ1v) is 8.48. The highest BCUT2D eigenvalue weighted by Gasteiger charge is 2.17. The van der Waals surface area contributed by atoms with Crippen molar-refractivity contribution < 1.29 is 0 Å². The zero-order chi connectivity index (χ0) is 14.9. The molecule has 0 saturated heterocycles. The summed E-state index contributed by atoms with van der Waals surface area (Å²) in [4.78, 5) is 0. The monoisotopic (exact) mass is 280 g/mol. The van der Waals surface area contributed by atoms with E-state index in [0.717, 1.165) is 0 Å². The summed E-state index contributed by atoms with van der Waals surface area (Å²) in [5.41, 5.74) is 4.64. The lowest BCUT2D eigenvalue weighted by Gasteiger charge is -2.22. The number of allylic oxidation sites excluding steroid dienone is 6. The van der Waals surface area contributed by atoms with Crippen LogP contribution >= 0.6 is 0 Å². The highest BCUT2D eigenvalue weighted by Crippen LogP contribution is 2.34. The van der Waals surface area contributed by atoms with Gasteiger partial charge < -0.3 is 0 Å². The first kappa shape index (κ1) is 15.8. The molecule has 0 saturated carbocycles. The third-order valence-electron chi connectivity index (χ3n) is 4.26. The lowest BCUT2D eigenvalue weighted by Crippen LogP contribution is -2.04. The Balaban J connectivity index is 2.31. The maximum atomic E-state index is 2.35. The molecule has 1 aromatic carbocycles. The van der Waals surface area contributed by atoms with Crippen molar-refractivity contribution in [2.45, 2.75) is 58.3 Å². The summed E-state index contributed by atoms with van der Waals surface area (Å²) in [7, 11) is 0. The van der Waals surface area contributed by atoms with E-state index < -0.39 is 0 Å². The van der Waals surface area contributed by atoms with Crippen LogP contribution < -0.4 is 0 Å². The fraction of sp³-hybridized carbons (Fsp3) is 0.429. The normalized spacial score (nSPS) is 17.2. The standard InChI is InChI=1S/C21H28/c1-3-5-12-18(13-6-4-2)20-16-10-11-17-21(20)19-14-8-7-9-15-19/h7-11,14-17,21H,3-6,12-13H2,1-2H3. The molecule has 0 heteroatoms. The number of benzene rings is 1. The Bertz CT molecular complexity index is 492. The van der Waals surface area contributed by atoms with Crippen molar-refractivity contribution in [1.29, 1.82) is 0 Å². The van der Waals surface area contributed by atoms with Gasteiger partial charge in [-0.05, 0) is 36.8 Å². The van der Waals surface area contributed by atoms with Gasteiger partial charge in [-0.1, -0.05) is 86.9 Å². The van der Waals surface area contributed by atoms with E-state index >= 15 is 0 Å². The summed E-state index contributed by atoms with van der Waals surface area (Å²) < 4.78 is 0. The van der Waals surface area contributed by atoms with Crippen molar-refractivity contribution in [3.63, 3.8) is 0 Å². The molecule has 0 radical (unpaired) electrons. The molecule has 1 atom stereocenters. The predicted octanol–water partition coefficient (Wildman–Crippen LogP) is 6.57. The summed E-state index contributed by atoms with van der Waals surface area (Å²) >= 11 is 0. The third kappa shape index (κ3) is 4.46. The van der Waals surface area contributed by atoms with Crippen molar-refractivity contribution >= 4 is 0 Å². The maximum absolute atomic E-state index is 2.35. The van der Waals surface area contributed by atoms with Gasteiger partial charge in [0, 0.05) is 5.92 Å². The molecule has 112 valence electrons. The van der Waals surface area contributed by atoms with Crippen molar-refractivity contribution in [3.05, 3.63) is 71.3 Å². The van der Waals surface area contributed by atoms with E-state index in [2.05, 4.69) is 68.5 Å². The van der Waals surface area contributed by atoms with Gasteiger partial charge in [0.05, 0.1) is 0 Å². The van der Waals surface area contributed by atoms with E-state index in [0.29, 0.717) is 5.92 Å². The average Bonchev–Trinajstić information content (AvgIpc) is 2.56. The van der Waals surface area contributed by atoms with Gasteiger partial charge in [-0.3, -0.25) is 0 Å². The van der Waals surface area contributed by atoms with Crippen LogP contribution in [0.2, 0.25) is 0 Å². The fourth-order valence-corrected chi connectivity index (χ4v) is 3.02. The minimum atomic E-state index is 0.444. The molecule has 1 aliphatic rings. The molecule has 0 spiro atoms. The Morgan fingerprint density at radius 3 is 2.19 bits per heavy atom. The second-order valence-electron chi connectivity index (χ2n) is 5.90. The number of rotatable bonds is 7.